The number of unbranched alkanes of at least 4 members (excludes halogenated alkanes) is 33. The van der Waals surface area contributed by atoms with E-state index in [1.165, 1.54) is 122 Å². The molecule has 99 heavy (non-hydrogen) atoms. The van der Waals surface area contributed by atoms with Crippen LogP contribution in [0.1, 0.15) is 329 Å². The zero-order chi connectivity index (χ0) is 72.3. The predicted octanol–water partition coefficient (Wildman–Crippen LogP) is 22.8. The maximum absolute atomic E-state index is 12.9. The van der Waals surface area contributed by atoms with Gasteiger partial charge in [-0.05, 0) is 109 Å². The van der Waals surface area contributed by atoms with E-state index in [1.807, 2.05) is 0 Å². The van der Waals surface area contributed by atoms with E-state index < -0.39 is 91.5 Å². The molecule has 0 amide bonds. The van der Waals surface area contributed by atoms with Gasteiger partial charge in [-0.2, -0.15) is 0 Å². The molecule has 5 unspecified atom stereocenters. The van der Waals surface area contributed by atoms with Crippen molar-refractivity contribution >= 4 is 33.6 Å². The molecule has 0 aliphatic heterocycles. The molecule has 4 N–H and O–H groups in total. The zero-order valence-corrected chi connectivity index (χ0v) is 64.2. The second-order valence-electron chi connectivity index (χ2n) is 26.1. The molecule has 572 valence electrons. The van der Waals surface area contributed by atoms with E-state index in [-0.39, 0.29) is 19.3 Å². The molecule has 0 aliphatic carbocycles. The summed E-state index contributed by atoms with van der Waals surface area (Å²) in [4.78, 5) is 58.6. The van der Waals surface area contributed by atoms with Crippen LogP contribution in [0.4, 0.5) is 0 Å². The van der Waals surface area contributed by atoms with Crippen LogP contribution in [-0.2, 0) is 55.8 Å². The van der Waals surface area contributed by atoms with Gasteiger partial charge in [-0.3, -0.25) is 32.5 Å². The molecule has 0 fully saturated rings. The third kappa shape index (κ3) is 75.2. The molecule has 0 aromatic heterocycles. The number of carbonyl (C=O) groups excluding carboxylic acids is 3. The Balaban J connectivity index is 4.53. The summed E-state index contributed by atoms with van der Waals surface area (Å²) in [5.74, 6) is -1.58. The number of hydrogen-bond donors (Lipinski definition) is 4. The lowest BCUT2D eigenvalue weighted by atomic mass is 10.0. The number of rotatable bonds is 74. The predicted molar refractivity (Wildman–Crippen MR) is 408 cm³/mol. The number of phosphoric ester groups is 2. The molecule has 16 nitrogen and oxygen atoms in total. The fourth-order valence-corrected chi connectivity index (χ4v) is 12.1. The largest absolute Gasteiger partial charge is 0.472 e. The summed E-state index contributed by atoms with van der Waals surface area (Å²) in [7, 11) is -9.78. The molecule has 5 atom stereocenters. The summed E-state index contributed by atoms with van der Waals surface area (Å²) in [6.07, 6.45) is 85.6. The minimum Gasteiger partial charge on any atom is -0.463 e. The molecule has 0 aliphatic rings. The average molecular weight is 1430 g/mol. The molecule has 0 aromatic carbocycles. The molecule has 0 aromatic rings. The maximum Gasteiger partial charge on any atom is 0.472 e. The van der Waals surface area contributed by atoms with Crippen molar-refractivity contribution in [1.82, 2.24) is 0 Å². The van der Waals surface area contributed by atoms with Crippen LogP contribution in [0.5, 0.6) is 0 Å². The number of ether oxygens (including phenoxy) is 3. The Bertz CT molecular complexity index is 2240. The minimum absolute atomic E-state index is 0.104. The van der Waals surface area contributed by atoms with Crippen molar-refractivity contribution < 1.29 is 75.8 Å². The van der Waals surface area contributed by atoms with Gasteiger partial charge in [-0.15, -0.1) is 0 Å². The van der Waals surface area contributed by atoms with Crippen LogP contribution in [0.2, 0.25) is 0 Å². The summed E-state index contributed by atoms with van der Waals surface area (Å²) < 4.78 is 61.1. The minimum atomic E-state index is -4.93. The summed E-state index contributed by atoms with van der Waals surface area (Å²) >= 11 is 0. The van der Waals surface area contributed by atoms with Gasteiger partial charge in [0.2, 0.25) is 0 Å². The van der Waals surface area contributed by atoms with E-state index in [0.29, 0.717) is 19.3 Å². The number of phosphoric acid groups is 2. The number of aliphatic hydroxyl groups is 2. The SMILES string of the molecule is CC/C=C\C/C=C\C/C=C\C/C=C\C/C=C\CCCCCCCCCC(=O)OCC(COP(=O)(O)OCC(O)COP(=O)(O)OCC(O)COC(=O)CCCCCCCCCCCCC/C=C\C/C=C\C/C=C\C/C=C\CCCCC)OC(=O)CCCCCCCCCCCCCCC. The van der Waals surface area contributed by atoms with E-state index in [0.717, 1.165) is 148 Å². The van der Waals surface area contributed by atoms with Crippen molar-refractivity contribution in [3.05, 3.63) is 109 Å². The van der Waals surface area contributed by atoms with Gasteiger partial charge in [0.1, 0.15) is 25.4 Å². The monoisotopic (exact) mass is 1430 g/mol. The van der Waals surface area contributed by atoms with Crippen molar-refractivity contribution in [3.63, 3.8) is 0 Å². The Morgan fingerprint density at radius 1 is 0.293 bits per heavy atom. The van der Waals surface area contributed by atoms with Gasteiger partial charge in [-0.25, -0.2) is 9.13 Å². The van der Waals surface area contributed by atoms with E-state index in [2.05, 4.69) is 130 Å². The van der Waals surface area contributed by atoms with Gasteiger partial charge in [0.25, 0.3) is 0 Å². The van der Waals surface area contributed by atoms with Crippen molar-refractivity contribution in [2.45, 2.75) is 347 Å². The van der Waals surface area contributed by atoms with E-state index in [9.17, 15) is 43.5 Å². The van der Waals surface area contributed by atoms with Crippen LogP contribution in [-0.4, -0.2) is 95.9 Å². The topological polar surface area (TPSA) is 231 Å². The van der Waals surface area contributed by atoms with Crippen LogP contribution in [0.25, 0.3) is 0 Å². The van der Waals surface area contributed by atoms with Crippen LogP contribution < -0.4 is 0 Å². The van der Waals surface area contributed by atoms with Crippen LogP contribution in [0.15, 0.2) is 109 Å². The van der Waals surface area contributed by atoms with Crippen LogP contribution in [0, 0.1) is 0 Å². The summed E-state index contributed by atoms with van der Waals surface area (Å²) in [6.45, 7) is 2.55. The fraction of sp³-hybridized carbons (Fsp3) is 0.741. The Morgan fingerprint density at radius 2 is 0.535 bits per heavy atom. The highest BCUT2D eigenvalue weighted by Gasteiger charge is 2.29. The Kier molecular flexibility index (Phi) is 71.1. The highest BCUT2D eigenvalue weighted by Crippen LogP contribution is 2.45. The molecule has 0 spiro atoms. The number of allylic oxidation sites excluding steroid dienone is 18. The molecular weight excluding hydrogens is 1290 g/mol. The van der Waals surface area contributed by atoms with Crippen LogP contribution in [0.3, 0.4) is 0 Å². The molecule has 18 heteroatoms. The van der Waals surface area contributed by atoms with Crippen molar-refractivity contribution in [2.75, 3.05) is 39.6 Å². The van der Waals surface area contributed by atoms with E-state index in [4.69, 9.17) is 32.3 Å². The lowest BCUT2D eigenvalue weighted by Gasteiger charge is -2.21. The smallest absolute Gasteiger partial charge is 0.463 e. The molecule has 0 rings (SSSR count). The Labute approximate surface area is 602 Å². The third-order valence-corrected chi connectivity index (χ3v) is 18.4. The first-order valence-electron chi connectivity index (χ1n) is 39.2. The maximum atomic E-state index is 12.9. The lowest BCUT2D eigenvalue weighted by molar-refractivity contribution is -0.161. The zero-order valence-electron chi connectivity index (χ0n) is 62.4. The second kappa shape index (κ2) is 73.9. The Hall–Kier alpha value is -3.79. The number of carbonyl (C=O) groups is 3. The van der Waals surface area contributed by atoms with Gasteiger partial charge in [-0.1, -0.05) is 310 Å². The first-order chi connectivity index (χ1) is 48.2. The summed E-state index contributed by atoms with van der Waals surface area (Å²) in [5, 5.41) is 20.6. The first kappa shape index (κ1) is 95.2. The number of aliphatic hydroxyl groups excluding tert-OH is 2. The standard InChI is InChI=1S/C81H142O16P2/c1-4-7-10-13-16-19-22-25-27-29-31-33-35-36-37-38-40-42-43-45-47-50-52-55-58-61-64-67-79(84)91-70-76(82)71-93-98(87,88)94-72-77(83)73-95-99(89,90)96-75-78(97-81(86)69-66-63-60-57-54-49-24-21-18-15-12-9-6-3)74-92-80(85)68-65-62-59-56-53-51-48-46-44-41-39-34-32-30-28-26-23-20-17-14-11-8-5-2/h8,11,16-17,19-20,25-28,31-34,36-37,41,44,76-78,82-83H,4-7,9-10,12-15,18,21-24,29-30,35,38-40,42-43,45-75H2,1-3H3,(H,87,88)(H,89,90)/b11-8-,19-16-,20-17-,27-25-,28-26-,33-31-,34-32-,37-36-,44-41-. The normalized spacial score (nSPS) is 14.6. The van der Waals surface area contributed by atoms with Crippen LogP contribution >= 0.6 is 15.6 Å². The van der Waals surface area contributed by atoms with E-state index >= 15 is 0 Å². The van der Waals surface area contributed by atoms with Crippen molar-refractivity contribution in [2.24, 2.45) is 0 Å². The van der Waals surface area contributed by atoms with Crippen molar-refractivity contribution in [1.29, 1.82) is 0 Å². The number of esters is 3. The van der Waals surface area contributed by atoms with E-state index in [1.54, 1.807) is 0 Å². The molecular formula is C81H142O16P2. The fourth-order valence-electron chi connectivity index (χ4n) is 10.5. The summed E-state index contributed by atoms with van der Waals surface area (Å²) in [6, 6.07) is 0. The second-order valence-corrected chi connectivity index (χ2v) is 29.0. The van der Waals surface area contributed by atoms with Gasteiger partial charge in [0, 0.05) is 19.3 Å². The molecule has 0 bridgehead atoms. The van der Waals surface area contributed by atoms with Gasteiger partial charge < -0.3 is 34.2 Å². The quantitative estimate of drug-likeness (QED) is 0.0146. The number of hydrogen-bond acceptors (Lipinski definition) is 14. The van der Waals surface area contributed by atoms with Gasteiger partial charge in [0.15, 0.2) is 6.10 Å². The van der Waals surface area contributed by atoms with Crippen molar-refractivity contribution in [3.8, 4) is 0 Å². The molecule has 0 radical (unpaired) electrons. The highest BCUT2D eigenvalue weighted by molar-refractivity contribution is 7.47. The Morgan fingerprint density at radius 3 is 0.869 bits per heavy atom. The average Bonchev–Trinajstić information content (AvgIpc) is 1.02. The van der Waals surface area contributed by atoms with Gasteiger partial charge >= 0.3 is 33.6 Å². The lowest BCUT2D eigenvalue weighted by Crippen LogP contribution is -2.30. The molecule has 0 saturated heterocycles. The third-order valence-electron chi connectivity index (χ3n) is 16.5. The molecule has 0 heterocycles. The first-order valence-corrected chi connectivity index (χ1v) is 42.2. The summed E-state index contributed by atoms with van der Waals surface area (Å²) in [5.41, 5.74) is 0. The highest BCUT2D eigenvalue weighted by atomic mass is 31.2. The molecule has 0 saturated carbocycles. The van der Waals surface area contributed by atoms with Gasteiger partial charge in [0.05, 0.1) is 26.4 Å².